The number of aryl methyl sites for hydroxylation is 1. The standard InChI is InChI=1S/C21H23FN2O3/c1-14-10-18(15(2)24(14)13-17-6-5-9-27-17)21(25)23(3)12-16-7-8-20(26-4)19(22)11-16/h5-11H,12-13H2,1-4H3. The second-order valence-corrected chi connectivity index (χ2v) is 6.58. The molecule has 6 heteroatoms. The molecule has 0 fully saturated rings. The van der Waals surface area contributed by atoms with Crippen LogP contribution in [0.25, 0.3) is 0 Å². The molecular weight excluding hydrogens is 347 g/mol. The Labute approximate surface area is 158 Å². The number of carbonyl (C=O) groups is 1. The molecule has 142 valence electrons. The lowest BCUT2D eigenvalue weighted by molar-refractivity contribution is 0.0784. The summed E-state index contributed by atoms with van der Waals surface area (Å²) in [4.78, 5) is 14.5. The van der Waals surface area contributed by atoms with Crippen molar-refractivity contribution in [1.82, 2.24) is 9.47 Å². The summed E-state index contributed by atoms with van der Waals surface area (Å²) >= 11 is 0. The highest BCUT2D eigenvalue weighted by Gasteiger charge is 2.20. The Morgan fingerprint density at radius 3 is 2.67 bits per heavy atom. The Morgan fingerprint density at radius 1 is 1.26 bits per heavy atom. The fraction of sp³-hybridized carbons (Fsp3) is 0.286. The monoisotopic (exact) mass is 370 g/mol. The third-order valence-corrected chi connectivity index (χ3v) is 4.68. The van der Waals surface area contributed by atoms with E-state index < -0.39 is 5.82 Å². The lowest BCUT2D eigenvalue weighted by Crippen LogP contribution is -2.26. The van der Waals surface area contributed by atoms with Crippen molar-refractivity contribution < 1.29 is 18.3 Å². The molecule has 0 spiro atoms. The summed E-state index contributed by atoms with van der Waals surface area (Å²) < 4.78 is 26.3. The highest BCUT2D eigenvalue weighted by atomic mass is 19.1. The SMILES string of the molecule is COc1ccc(CN(C)C(=O)c2cc(C)n(Cc3ccco3)c2C)cc1F. The number of aromatic nitrogens is 1. The molecule has 1 amide bonds. The summed E-state index contributed by atoms with van der Waals surface area (Å²) in [6, 6.07) is 10.3. The predicted octanol–water partition coefficient (Wildman–Crippen LogP) is 4.17. The molecule has 5 nitrogen and oxygen atoms in total. The van der Waals surface area contributed by atoms with E-state index in [2.05, 4.69) is 0 Å². The molecule has 1 aromatic carbocycles. The first-order valence-corrected chi connectivity index (χ1v) is 8.67. The highest BCUT2D eigenvalue weighted by molar-refractivity contribution is 5.95. The number of amides is 1. The number of benzene rings is 1. The number of halogens is 1. The Kier molecular flexibility index (Phi) is 5.35. The highest BCUT2D eigenvalue weighted by Crippen LogP contribution is 2.21. The first-order valence-electron chi connectivity index (χ1n) is 8.67. The van der Waals surface area contributed by atoms with E-state index in [0.29, 0.717) is 24.2 Å². The number of nitrogens with zero attached hydrogens (tertiary/aromatic N) is 2. The zero-order chi connectivity index (χ0) is 19.6. The van der Waals surface area contributed by atoms with Crippen LogP contribution < -0.4 is 4.74 Å². The summed E-state index contributed by atoms with van der Waals surface area (Å²) in [6.45, 7) is 4.77. The molecule has 0 N–H and O–H groups in total. The number of hydrogen-bond acceptors (Lipinski definition) is 3. The van der Waals surface area contributed by atoms with Crippen molar-refractivity contribution in [3.05, 3.63) is 76.8 Å². The number of carbonyl (C=O) groups excluding carboxylic acids is 1. The fourth-order valence-corrected chi connectivity index (χ4v) is 3.18. The van der Waals surface area contributed by atoms with Crippen LogP contribution in [-0.2, 0) is 13.1 Å². The fourth-order valence-electron chi connectivity index (χ4n) is 3.18. The zero-order valence-corrected chi connectivity index (χ0v) is 16.0. The second kappa shape index (κ2) is 7.70. The first-order chi connectivity index (χ1) is 12.9. The maximum atomic E-state index is 13.9. The third-order valence-electron chi connectivity index (χ3n) is 4.68. The van der Waals surface area contributed by atoms with Gasteiger partial charge in [0.05, 0.1) is 25.5 Å². The lowest BCUT2D eigenvalue weighted by atomic mass is 10.1. The molecular formula is C21H23FN2O3. The van der Waals surface area contributed by atoms with Gasteiger partial charge < -0.3 is 18.6 Å². The summed E-state index contributed by atoms with van der Waals surface area (Å²) in [5.74, 6) is 0.476. The van der Waals surface area contributed by atoms with Crippen LogP contribution in [0.1, 0.15) is 33.1 Å². The minimum atomic E-state index is -0.438. The molecule has 3 aromatic rings. The smallest absolute Gasteiger partial charge is 0.255 e. The van der Waals surface area contributed by atoms with Crippen molar-refractivity contribution in [3.63, 3.8) is 0 Å². The van der Waals surface area contributed by atoms with E-state index in [0.717, 1.165) is 17.1 Å². The van der Waals surface area contributed by atoms with E-state index in [1.54, 1.807) is 30.3 Å². The van der Waals surface area contributed by atoms with Gasteiger partial charge in [-0.2, -0.15) is 0 Å². The lowest BCUT2D eigenvalue weighted by Gasteiger charge is -2.18. The molecule has 0 atom stereocenters. The molecule has 0 aliphatic carbocycles. The molecule has 0 aliphatic rings. The normalized spacial score (nSPS) is 10.9. The van der Waals surface area contributed by atoms with Crippen LogP contribution in [0.2, 0.25) is 0 Å². The van der Waals surface area contributed by atoms with Gasteiger partial charge in [-0.1, -0.05) is 6.07 Å². The van der Waals surface area contributed by atoms with Crippen LogP contribution in [0.15, 0.2) is 47.1 Å². The summed E-state index contributed by atoms with van der Waals surface area (Å²) in [7, 11) is 3.13. The molecule has 2 aromatic heterocycles. The summed E-state index contributed by atoms with van der Waals surface area (Å²) in [6.07, 6.45) is 1.64. The van der Waals surface area contributed by atoms with Gasteiger partial charge in [0, 0.05) is 25.0 Å². The average Bonchev–Trinajstić information content (AvgIpc) is 3.25. The number of rotatable bonds is 6. The molecule has 0 radical (unpaired) electrons. The molecule has 0 aliphatic heterocycles. The minimum Gasteiger partial charge on any atom is -0.494 e. The second-order valence-electron chi connectivity index (χ2n) is 6.58. The van der Waals surface area contributed by atoms with Gasteiger partial charge in [0.1, 0.15) is 5.76 Å². The van der Waals surface area contributed by atoms with Crippen LogP contribution in [0.4, 0.5) is 4.39 Å². The summed E-state index contributed by atoms with van der Waals surface area (Å²) in [5, 5.41) is 0. The minimum absolute atomic E-state index is 0.106. The van der Waals surface area contributed by atoms with Crippen LogP contribution in [0.5, 0.6) is 5.75 Å². The van der Waals surface area contributed by atoms with Crippen molar-refractivity contribution in [2.24, 2.45) is 0 Å². The van der Waals surface area contributed by atoms with Gasteiger partial charge in [-0.25, -0.2) is 4.39 Å². The number of hydrogen-bond donors (Lipinski definition) is 0. The zero-order valence-electron chi connectivity index (χ0n) is 16.0. The van der Waals surface area contributed by atoms with E-state index in [-0.39, 0.29) is 11.7 Å². The van der Waals surface area contributed by atoms with E-state index in [9.17, 15) is 9.18 Å². The van der Waals surface area contributed by atoms with Crippen molar-refractivity contribution in [2.75, 3.05) is 14.2 Å². The Morgan fingerprint density at radius 2 is 2.04 bits per heavy atom. The van der Waals surface area contributed by atoms with Crippen LogP contribution in [-0.4, -0.2) is 29.5 Å². The van der Waals surface area contributed by atoms with Crippen molar-refractivity contribution in [1.29, 1.82) is 0 Å². The van der Waals surface area contributed by atoms with Gasteiger partial charge in [-0.05, 0) is 49.7 Å². The van der Waals surface area contributed by atoms with Crippen molar-refractivity contribution in [3.8, 4) is 5.75 Å². The Balaban J connectivity index is 1.78. The van der Waals surface area contributed by atoms with E-state index in [1.165, 1.54) is 13.2 Å². The predicted molar refractivity (Wildman–Crippen MR) is 100 cm³/mol. The van der Waals surface area contributed by atoms with Gasteiger partial charge in [0.25, 0.3) is 5.91 Å². The largest absolute Gasteiger partial charge is 0.494 e. The molecule has 0 unspecified atom stereocenters. The number of ether oxygens (including phenoxy) is 1. The van der Waals surface area contributed by atoms with Crippen LogP contribution in [0, 0.1) is 19.7 Å². The maximum absolute atomic E-state index is 13.9. The van der Waals surface area contributed by atoms with Gasteiger partial charge in [-0.15, -0.1) is 0 Å². The van der Waals surface area contributed by atoms with E-state index >= 15 is 0 Å². The maximum Gasteiger partial charge on any atom is 0.255 e. The quantitative estimate of drug-likeness (QED) is 0.654. The first kappa shape index (κ1) is 18.8. The van der Waals surface area contributed by atoms with Gasteiger partial charge >= 0.3 is 0 Å². The van der Waals surface area contributed by atoms with Gasteiger partial charge in [0.2, 0.25) is 0 Å². The van der Waals surface area contributed by atoms with Gasteiger partial charge in [-0.3, -0.25) is 4.79 Å². The Bertz CT molecular complexity index is 945. The molecule has 2 heterocycles. The van der Waals surface area contributed by atoms with Crippen LogP contribution >= 0.6 is 0 Å². The summed E-state index contributed by atoms with van der Waals surface area (Å²) in [5.41, 5.74) is 3.20. The Hall–Kier alpha value is -3.02. The molecule has 27 heavy (non-hydrogen) atoms. The molecule has 0 saturated heterocycles. The molecule has 0 saturated carbocycles. The van der Waals surface area contributed by atoms with E-state index in [1.807, 2.05) is 36.6 Å². The third kappa shape index (κ3) is 3.89. The molecule has 0 bridgehead atoms. The van der Waals surface area contributed by atoms with Gasteiger partial charge in [0.15, 0.2) is 11.6 Å². The molecule has 3 rings (SSSR count). The number of methoxy groups -OCH3 is 1. The number of furan rings is 1. The van der Waals surface area contributed by atoms with E-state index in [4.69, 9.17) is 9.15 Å². The van der Waals surface area contributed by atoms with Crippen LogP contribution in [0.3, 0.4) is 0 Å². The van der Waals surface area contributed by atoms with Crippen molar-refractivity contribution in [2.45, 2.75) is 26.9 Å². The average molecular weight is 370 g/mol. The topological polar surface area (TPSA) is 47.6 Å². The van der Waals surface area contributed by atoms with Crippen molar-refractivity contribution >= 4 is 5.91 Å².